The lowest BCUT2D eigenvalue weighted by atomic mass is 9.97. The third-order valence-electron chi connectivity index (χ3n) is 6.07. The molecular weight excluding hydrogens is 426 g/mol. The summed E-state index contributed by atoms with van der Waals surface area (Å²) in [7, 11) is 0. The van der Waals surface area contributed by atoms with Crippen molar-refractivity contribution in [2.75, 3.05) is 0 Å². The van der Waals surface area contributed by atoms with Gasteiger partial charge in [-0.3, -0.25) is 9.59 Å². The third-order valence-corrected chi connectivity index (χ3v) is 6.44. The molecule has 1 atom stereocenters. The molecule has 0 saturated carbocycles. The number of rotatable bonds is 3. The number of aromatic hydroxyl groups is 1. The summed E-state index contributed by atoms with van der Waals surface area (Å²) in [4.78, 5) is 28.7. The van der Waals surface area contributed by atoms with Gasteiger partial charge >= 0.3 is 0 Å². The highest BCUT2D eigenvalue weighted by Gasteiger charge is 2.43. The molecule has 32 heavy (non-hydrogen) atoms. The lowest BCUT2D eigenvalue weighted by molar-refractivity contribution is 0.0714. The van der Waals surface area contributed by atoms with Gasteiger partial charge in [-0.15, -0.1) is 0 Å². The van der Waals surface area contributed by atoms with Crippen LogP contribution >= 0.6 is 11.6 Å². The number of fused-ring (bicyclic) bond motifs is 2. The van der Waals surface area contributed by atoms with E-state index in [1.165, 1.54) is 0 Å². The van der Waals surface area contributed by atoms with Crippen molar-refractivity contribution in [1.29, 1.82) is 0 Å². The Hall–Kier alpha value is -3.57. The Balaban J connectivity index is 1.76. The van der Waals surface area contributed by atoms with Crippen LogP contribution in [0.5, 0.6) is 5.75 Å². The maximum Gasteiger partial charge on any atom is 0.291 e. The summed E-state index contributed by atoms with van der Waals surface area (Å²) in [6, 6.07) is 16.8. The number of aryl methyl sites for hydroxylation is 2. The molecule has 1 aliphatic rings. The molecule has 1 N–H and O–H groups in total. The number of hydrogen-bond acceptors (Lipinski definition) is 4. The number of nitrogens with zero attached hydrogens (tertiary/aromatic N) is 1. The number of phenolic OH excluding ortho intramolecular Hbond substituents is 1. The summed E-state index contributed by atoms with van der Waals surface area (Å²) in [5.41, 5.74) is 3.75. The first-order valence-corrected chi connectivity index (χ1v) is 10.6. The predicted molar refractivity (Wildman–Crippen MR) is 123 cm³/mol. The number of carbonyl (C=O) groups is 1. The van der Waals surface area contributed by atoms with Gasteiger partial charge in [-0.05, 0) is 66.4 Å². The standard InChI is InChI=1S/C26H20ClNO4/c1-14-10-19-21(11-15(14)2)32-25-22(24(19)30)23(16-7-5-8-18(29)12-16)28(26(25)31)13-17-6-3-4-9-20(17)27/h3-12,23,29H,13H2,1-2H3. The maximum atomic E-state index is 13.6. The minimum atomic E-state index is -0.705. The average molecular weight is 446 g/mol. The van der Waals surface area contributed by atoms with Crippen LogP contribution in [-0.4, -0.2) is 15.9 Å². The van der Waals surface area contributed by atoms with Crippen molar-refractivity contribution in [3.8, 4) is 5.75 Å². The van der Waals surface area contributed by atoms with Gasteiger partial charge in [0.05, 0.1) is 17.0 Å². The second-order valence-electron chi connectivity index (χ2n) is 8.13. The van der Waals surface area contributed by atoms with E-state index in [0.29, 0.717) is 21.6 Å². The van der Waals surface area contributed by atoms with E-state index in [1.54, 1.807) is 47.4 Å². The molecule has 5 nitrogen and oxygen atoms in total. The molecule has 0 saturated heterocycles. The van der Waals surface area contributed by atoms with Crippen LogP contribution in [0.25, 0.3) is 11.0 Å². The summed E-state index contributed by atoms with van der Waals surface area (Å²) in [5.74, 6) is -0.297. The zero-order valence-corrected chi connectivity index (χ0v) is 18.3. The first-order valence-electron chi connectivity index (χ1n) is 10.3. The van der Waals surface area contributed by atoms with E-state index < -0.39 is 6.04 Å². The molecule has 0 radical (unpaired) electrons. The summed E-state index contributed by atoms with van der Waals surface area (Å²) in [5, 5.41) is 11.1. The van der Waals surface area contributed by atoms with Crippen LogP contribution in [0.15, 0.2) is 69.9 Å². The van der Waals surface area contributed by atoms with E-state index in [0.717, 1.165) is 16.7 Å². The van der Waals surface area contributed by atoms with Crippen molar-refractivity contribution in [3.63, 3.8) is 0 Å². The van der Waals surface area contributed by atoms with Crippen LogP contribution in [0.2, 0.25) is 5.02 Å². The van der Waals surface area contributed by atoms with E-state index >= 15 is 0 Å². The zero-order valence-electron chi connectivity index (χ0n) is 17.6. The minimum Gasteiger partial charge on any atom is -0.508 e. The first-order chi connectivity index (χ1) is 15.3. The van der Waals surface area contributed by atoms with Gasteiger partial charge in [0.1, 0.15) is 11.3 Å². The van der Waals surface area contributed by atoms with Crippen molar-refractivity contribution in [2.24, 2.45) is 0 Å². The van der Waals surface area contributed by atoms with Crippen LogP contribution in [0.1, 0.15) is 44.4 Å². The molecule has 3 aromatic carbocycles. The molecule has 0 bridgehead atoms. The van der Waals surface area contributed by atoms with Crippen molar-refractivity contribution < 1.29 is 14.3 Å². The van der Waals surface area contributed by atoms with Crippen LogP contribution in [0.3, 0.4) is 0 Å². The average Bonchev–Trinajstić information content (AvgIpc) is 3.03. The molecule has 4 aromatic rings. The number of phenols is 1. The third kappa shape index (κ3) is 3.17. The Labute approximate surface area is 189 Å². The monoisotopic (exact) mass is 445 g/mol. The Bertz CT molecular complexity index is 1460. The van der Waals surface area contributed by atoms with Gasteiger partial charge in [0.15, 0.2) is 5.43 Å². The van der Waals surface area contributed by atoms with Gasteiger partial charge in [0, 0.05) is 11.6 Å². The molecule has 1 aromatic heterocycles. The molecule has 2 heterocycles. The van der Waals surface area contributed by atoms with Gasteiger partial charge in [-0.25, -0.2) is 0 Å². The van der Waals surface area contributed by atoms with Gasteiger partial charge in [0.25, 0.3) is 5.91 Å². The van der Waals surface area contributed by atoms with E-state index in [4.69, 9.17) is 16.0 Å². The summed E-state index contributed by atoms with van der Waals surface area (Å²) >= 11 is 6.37. The van der Waals surface area contributed by atoms with Gasteiger partial charge in [-0.1, -0.05) is 41.9 Å². The highest BCUT2D eigenvalue weighted by atomic mass is 35.5. The van der Waals surface area contributed by atoms with Crippen molar-refractivity contribution in [2.45, 2.75) is 26.4 Å². The molecule has 1 aliphatic heterocycles. The fraction of sp³-hybridized carbons (Fsp3) is 0.154. The topological polar surface area (TPSA) is 70.8 Å². The molecule has 0 fully saturated rings. The highest BCUT2D eigenvalue weighted by molar-refractivity contribution is 6.31. The number of amides is 1. The molecule has 1 amide bonds. The van der Waals surface area contributed by atoms with E-state index in [1.807, 2.05) is 32.0 Å². The van der Waals surface area contributed by atoms with E-state index in [-0.39, 0.29) is 35.0 Å². The fourth-order valence-corrected chi connectivity index (χ4v) is 4.49. The second-order valence-corrected chi connectivity index (χ2v) is 8.54. The smallest absolute Gasteiger partial charge is 0.291 e. The molecule has 5 rings (SSSR count). The molecule has 0 spiro atoms. The lowest BCUT2D eigenvalue weighted by Gasteiger charge is -2.25. The van der Waals surface area contributed by atoms with Crippen LogP contribution in [0, 0.1) is 13.8 Å². The van der Waals surface area contributed by atoms with Crippen molar-refractivity contribution in [3.05, 3.63) is 109 Å². The normalized spacial score (nSPS) is 15.4. The summed E-state index contributed by atoms with van der Waals surface area (Å²) in [6.07, 6.45) is 0. The molecule has 1 unspecified atom stereocenters. The molecule has 160 valence electrons. The van der Waals surface area contributed by atoms with Crippen molar-refractivity contribution >= 4 is 28.5 Å². The Morgan fingerprint density at radius 1 is 1.00 bits per heavy atom. The number of benzene rings is 3. The predicted octanol–water partition coefficient (Wildman–Crippen LogP) is 5.51. The second kappa shape index (κ2) is 7.53. The summed E-state index contributed by atoms with van der Waals surface area (Å²) < 4.78 is 6.03. The Morgan fingerprint density at radius 3 is 2.50 bits per heavy atom. The van der Waals surface area contributed by atoms with Gasteiger partial charge in [-0.2, -0.15) is 0 Å². The first kappa shape index (κ1) is 20.3. The van der Waals surface area contributed by atoms with Crippen molar-refractivity contribution in [1.82, 2.24) is 4.90 Å². The fourth-order valence-electron chi connectivity index (χ4n) is 4.29. The summed E-state index contributed by atoms with van der Waals surface area (Å²) in [6.45, 7) is 4.06. The Morgan fingerprint density at radius 2 is 1.75 bits per heavy atom. The highest BCUT2D eigenvalue weighted by Crippen LogP contribution is 2.40. The Kier molecular flexibility index (Phi) is 4.79. The van der Waals surface area contributed by atoms with E-state index in [2.05, 4.69) is 0 Å². The molecule has 0 aliphatic carbocycles. The van der Waals surface area contributed by atoms with Gasteiger partial charge < -0.3 is 14.4 Å². The number of hydrogen-bond donors (Lipinski definition) is 1. The minimum absolute atomic E-state index is 0.0335. The number of carbonyl (C=O) groups excluding carboxylic acids is 1. The maximum absolute atomic E-state index is 13.6. The largest absolute Gasteiger partial charge is 0.508 e. The molecular formula is C26H20ClNO4. The van der Waals surface area contributed by atoms with Crippen LogP contribution < -0.4 is 5.43 Å². The quantitative estimate of drug-likeness (QED) is 0.451. The van der Waals surface area contributed by atoms with Gasteiger partial charge in [0.2, 0.25) is 5.76 Å². The van der Waals surface area contributed by atoms with E-state index in [9.17, 15) is 14.7 Å². The van der Waals surface area contributed by atoms with Crippen LogP contribution in [-0.2, 0) is 6.54 Å². The zero-order chi connectivity index (χ0) is 22.6. The lowest BCUT2D eigenvalue weighted by Crippen LogP contribution is -2.29. The SMILES string of the molecule is Cc1cc2oc3c(c(=O)c2cc1C)C(c1cccc(O)c1)N(Cc1ccccc1Cl)C3=O. The molecule has 6 heteroatoms. The van der Waals surface area contributed by atoms with Crippen LogP contribution in [0.4, 0.5) is 0 Å². The number of halogens is 1.